The van der Waals surface area contributed by atoms with Crippen molar-refractivity contribution < 1.29 is 13.8 Å². The Bertz CT molecular complexity index is 614. The van der Waals surface area contributed by atoms with Crippen LogP contribution in [0.1, 0.15) is 31.2 Å². The third-order valence-electron chi connectivity index (χ3n) is 5.05. The van der Waals surface area contributed by atoms with Crippen molar-refractivity contribution in [2.45, 2.75) is 54.4 Å². The fourth-order valence-corrected chi connectivity index (χ4v) is 6.01. The molecule has 3 fully saturated rings. The molecule has 1 unspecified atom stereocenters. The number of carbonyl (C=O) groups excluding carboxylic acids is 1. The van der Waals surface area contributed by atoms with Gasteiger partial charge in [0.25, 0.3) is 0 Å². The quantitative estimate of drug-likeness (QED) is 0.838. The maximum absolute atomic E-state index is 13.3. The molecule has 1 saturated carbocycles. The van der Waals surface area contributed by atoms with Crippen molar-refractivity contribution in [3.05, 3.63) is 29.8 Å². The zero-order valence-electron chi connectivity index (χ0n) is 12.1. The standard InChI is InChI=1S/C16H19NO3S/c1-11-4-6-12(7-5-11)21(19)16-13-3-2-10-17(13)20-15(16)9-8-14(16)18/h4-7,13,15H,2-3,8-10H2,1H3/t13-,15-,16-,21?/m0/s1. The molecule has 112 valence electrons. The fraction of sp³-hybridized carbons (Fsp3) is 0.562. The summed E-state index contributed by atoms with van der Waals surface area (Å²) in [7, 11) is -1.35. The number of fused-ring (bicyclic) bond motifs is 3. The van der Waals surface area contributed by atoms with E-state index >= 15 is 0 Å². The highest BCUT2D eigenvalue weighted by molar-refractivity contribution is 7.87. The number of nitrogens with zero attached hydrogens (tertiary/aromatic N) is 1. The van der Waals surface area contributed by atoms with Crippen LogP contribution >= 0.6 is 0 Å². The van der Waals surface area contributed by atoms with Gasteiger partial charge in [0.2, 0.25) is 0 Å². The predicted molar refractivity (Wildman–Crippen MR) is 79.2 cm³/mol. The summed E-state index contributed by atoms with van der Waals surface area (Å²) < 4.78 is 12.5. The molecule has 0 bridgehead atoms. The van der Waals surface area contributed by atoms with E-state index < -0.39 is 15.5 Å². The summed E-state index contributed by atoms with van der Waals surface area (Å²) in [6, 6.07) is 7.68. The monoisotopic (exact) mass is 305 g/mol. The van der Waals surface area contributed by atoms with Crippen LogP contribution in [-0.2, 0) is 20.4 Å². The van der Waals surface area contributed by atoms with E-state index in [0.717, 1.165) is 29.8 Å². The van der Waals surface area contributed by atoms with E-state index in [0.29, 0.717) is 12.8 Å². The average molecular weight is 305 g/mol. The van der Waals surface area contributed by atoms with Crippen LogP contribution in [-0.4, -0.2) is 38.5 Å². The first-order valence-electron chi connectivity index (χ1n) is 7.59. The summed E-state index contributed by atoms with van der Waals surface area (Å²) in [5.41, 5.74) is 1.13. The summed E-state index contributed by atoms with van der Waals surface area (Å²) >= 11 is 0. The van der Waals surface area contributed by atoms with Gasteiger partial charge in [-0.15, -0.1) is 0 Å². The number of ketones is 1. The Labute approximate surface area is 126 Å². The molecule has 2 saturated heterocycles. The Balaban J connectivity index is 1.80. The van der Waals surface area contributed by atoms with Gasteiger partial charge in [-0.3, -0.25) is 13.8 Å². The molecule has 2 aliphatic heterocycles. The lowest BCUT2D eigenvalue weighted by Gasteiger charge is -2.29. The van der Waals surface area contributed by atoms with E-state index in [1.165, 1.54) is 0 Å². The zero-order valence-corrected chi connectivity index (χ0v) is 12.9. The zero-order chi connectivity index (χ0) is 14.6. The van der Waals surface area contributed by atoms with Gasteiger partial charge in [-0.05, 0) is 38.3 Å². The highest BCUT2D eigenvalue weighted by Gasteiger charge is 2.67. The lowest BCUT2D eigenvalue weighted by atomic mass is 9.94. The molecule has 21 heavy (non-hydrogen) atoms. The summed E-state index contributed by atoms with van der Waals surface area (Å²) in [6.07, 6.45) is 2.89. The average Bonchev–Trinajstić information content (AvgIpc) is 3.11. The Kier molecular flexibility index (Phi) is 3.07. The van der Waals surface area contributed by atoms with E-state index in [4.69, 9.17) is 4.84 Å². The van der Waals surface area contributed by atoms with Crippen molar-refractivity contribution in [1.29, 1.82) is 0 Å². The Morgan fingerprint density at radius 3 is 2.81 bits per heavy atom. The van der Waals surface area contributed by atoms with Gasteiger partial charge in [0.1, 0.15) is 6.10 Å². The number of aryl methyl sites for hydroxylation is 1. The number of carbonyl (C=O) groups is 1. The van der Waals surface area contributed by atoms with Gasteiger partial charge in [0.05, 0.1) is 16.8 Å². The Hall–Kier alpha value is -1.04. The molecule has 1 aromatic rings. The topological polar surface area (TPSA) is 46.6 Å². The third kappa shape index (κ3) is 1.74. The molecule has 3 aliphatic rings. The first kappa shape index (κ1) is 13.6. The molecular weight excluding hydrogens is 286 g/mol. The number of Topliss-reactive ketones (excluding diaryl/α,β-unsaturated/α-hetero) is 1. The van der Waals surface area contributed by atoms with Crippen molar-refractivity contribution in [2.75, 3.05) is 6.54 Å². The summed E-state index contributed by atoms with van der Waals surface area (Å²) in [5, 5.41) is 1.92. The van der Waals surface area contributed by atoms with Crippen molar-refractivity contribution in [3.63, 3.8) is 0 Å². The largest absolute Gasteiger partial charge is 0.298 e. The van der Waals surface area contributed by atoms with E-state index in [2.05, 4.69) is 0 Å². The minimum atomic E-state index is -1.35. The van der Waals surface area contributed by atoms with E-state index in [1.807, 2.05) is 36.3 Å². The van der Waals surface area contributed by atoms with Crippen LogP contribution in [0.5, 0.6) is 0 Å². The van der Waals surface area contributed by atoms with E-state index in [-0.39, 0.29) is 17.9 Å². The number of hydrogen-bond donors (Lipinski definition) is 0. The molecule has 0 radical (unpaired) electrons. The highest BCUT2D eigenvalue weighted by Crippen LogP contribution is 2.50. The second-order valence-electron chi connectivity index (χ2n) is 6.23. The van der Waals surface area contributed by atoms with Gasteiger partial charge >= 0.3 is 0 Å². The molecule has 1 aliphatic carbocycles. The van der Waals surface area contributed by atoms with Gasteiger partial charge in [0.15, 0.2) is 10.5 Å². The van der Waals surface area contributed by atoms with Crippen LogP contribution in [0.25, 0.3) is 0 Å². The van der Waals surface area contributed by atoms with Gasteiger partial charge in [-0.25, -0.2) is 0 Å². The lowest BCUT2D eigenvalue weighted by molar-refractivity contribution is -0.147. The number of hydroxylamine groups is 2. The van der Waals surface area contributed by atoms with E-state index in [1.54, 1.807) is 0 Å². The third-order valence-corrected chi connectivity index (χ3v) is 7.13. The lowest BCUT2D eigenvalue weighted by Crippen LogP contribution is -2.53. The van der Waals surface area contributed by atoms with E-state index in [9.17, 15) is 9.00 Å². The van der Waals surface area contributed by atoms with Gasteiger partial charge < -0.3 is 0 Å². The summed E-state index contributed by atoms with van der Waals surface area (Å²) in [6.45, 7) is 2.85. The van der Waals surface area contributed by atoms with Crippen LogP contribution in [0, 0.1) is 6.92 Å². The second-order valence-corrected chi connectivity index (χ2v) is 7.91. The first-order valence-corrected chi connectivity index (χ1v) is 8.74. The van der Waals surface area contributed by atoms with Crippen LogP contribution in [0.2, 0.25) is 0 Å². The number of benzene rings is 1. The minimum absolute atomic E-state index is 0.0142. The fourth-order valence-electron chi connectivity index (χ4n) is 4.04. The highest BCUT2D eigenvalue weighted by atomic mass is 32.2. The van der Waals surface area contributed by atoms with Gasteiger partial charge in [-0.2, -0.15) is 5.06 Å². The molecule has 5 heteroatoms. The minimum Gasteiger partial charge on any atom is -0.298 e. The molecule has 4 nitrogen and oxygen atoms in total. The molecule has 0 N–H and O–H groups in total. The molecule has 1 aromatic carbocycles. The molecule has 0 amide bonds. The second kappa shape index (κ2) is 4.73. The van der Waals surface area contributed by atoms with Crippen LogP contribution in [0.4, 0.5) is 0 Å². The van der Waals surface area contributed by atoms with Crippen LogP contribution in [0.3, 0.4) is 0 Å². The molecule has 0 spiro atoms. The molecular formula is C16H19NO3S. The maximum Gasteiger partial charge on any atom is 0.156 e. The van der Waals surface area contributed by atoms with Crippen molar-refractivity contribution >= 4 is 16.6 Å². The van der Waals surface area contributed by atoms with Crippen molar-refractivity contribution in [1.82, 2.24) is 5.06 Å². The van der Waals surface area contributed by atoms with Crippen LogP contribution < -0.4 is 0 Å². The first-order chi connectivity index (χ1) is 10.1. The van der Waals surface area contributed by atoms with Crippen molar-refractivity contribution in [3.8, 4) is 0 Å². The Morgan fingerprint density at radius 1 is 1.29 bits per heavy atom. The summed E-state index contributed by atoms with van der Waals surface area (Å²) in [5.74, 6) is 0.126. The summed E-state index contributed by atoms with van der Waals surface area (Å²) in [4.78, 5) is 19.4. The normalized spacial score (nSPS) is 36.7. The smallest absolute Gasteiger partial charge is 0.156 e. The predicted octanol–water partition coefficient (Wildman–Crippen LogP) is 1.98. The van der Waals surface area contributed by atoms with Crippen molar-refractivity contribution in [2.24, 2.45) is 0 Å². The van der Waals surface area contributed by atoms with Gasteiger partial charge in [-0.1, -0.05) is 17.7 Å². The SMILES string of the molecule is Cc1ccc(S(=O)[C@@]23C(=O)CC[C@@H]2ON2CCC[C@H]23)cc1. The molecule has 4 atom stereocenters. The Morgan fingerprint density at radius 2 is 2.05 bits per heavy atom. The molecule has 2 heterocycles. The number of hydrogen-bond acceptors (Lipinski definition) is 4. The molecule has 4 rings (SSSR count). The van der Waals surface area contributed by atoms with Gasteiger partial charge in [0, 0.05) is 17.9 Å². The number of rotatable bonds is 2. The maximum atomic E-state index is 13.3. The molecule has 0 aromatic heterocycles. The van der Waals surface area contributed by atoms with Crippen LogP contribution in [0.15, 0.2) is 29.2 Å².